The summed E-state index contributed by atoms with van der Waals surface area (Å²) >= 11 is 0. The fourth-order valence-corrected chi connectivity index (χ4v) is 2.71. The predicted octanol–water partition coefficient (Wildman–Crippen LogP) is 6.18. The van der Waals surface area contributed by atoms with Gasteiger partial charge in [0, 0.05) is 32.7 Å². The SMILES string of the molecule is Cc1c[c-]ccc1C(C)(C)C.Cc1c[c-]ccc1C(C)(C)C.[Y]. The standard InChI is InChI=1S/2C11H15.Y/c2*1-9-7-5-6-8-10(9)11(2,3)4;/h2*6-8H,1-4H3;/q2*-1;. The van der Waals surface area contributed by atoms with Crippen molar-refractivity contribution in [2.24, 2.45) is 0 Å². The zero-order valence-corrected chi connectivity index (χ0v) is 18.9. The zero-order valence-electron chi connectivity index (χ0n) is 16.0. The Morgan fingerprint density at radius 2 is 0.957 bits per heavy atom. The normalized spacial score (nSPS) is 11.1. The minimum absolute atomic E-state index is 0. The second kappa shape index (κ2) is 9.14. The van der Waals surface area contributed by atoms with Gasteiger partial charge in [0.1, 0.15) is 0 Å². The molecule has 2 aromatic rings. The quantitative estimate of drug-likeness (QED) is 0.476. The van der Waals surface area contributed by atoms with E-state index in [0.717, 1.165) is 0 Å². The first-order valence-corrected chi connectivity index (χ1v) is 7.98. The van der Waals surface area contributed by atoms with E-state index in [-0.39, 0.29) is 43.5 Å². The van der Waals surface area contributed by atoms with E-state index in [1.165, 1.54) is 22.3 Å². The number of rotatable bonds is 0. The van der Waals surface area contributed by atoms with Gasteiger partial charge in [-0.1, -0.05) is 55.4 Å². The van der Waals surface area contributed by atoms with Crippen LogP contribution in [0.1, 0.15) is 63.8 Å². The average Bonchev–Trinajstić information content (AvgIpc) is 2.37. The van der Waals surface area contributed by atoms with Crippen molar-refractivity contribution >= 4 is 0 Å². The van der Waals surface area contributed by atoms with Crippen LogP contribution in [0.3, 0.4) is 0 Å². The van der Waals surface area contributed by atoms with Crippen LogP contribution in [0.2, 0.25) is 0 Å². The van der Waals surface area contributed by atoms with Crippen LogP contribution >= 0.6 is 0 Å². The summed E-state index contributed by atoms with van der Waals surface area (Å²) < 4.78 is 0. The summed E-state index contributed by atoms with van der Waals surface area (Å²) in [4.78, 5) is 0. The molecule has 0 aliphatic heterocycles. The molecule has 123 valence electrons. The van der Waals surface area contributed by atoms with E-state index in [1.54, 1.807) is 0 Å². The van der Waals surface area contributed by atoms with Crippen molar-refractivity contribution in [3.63, 3.8) is 0 Å². The summed E-state index contributed by atoms with van der Waals surface area (Å²) in [5.41, 5.74) is 6.02. The van der Waals surface area contributed by atoms with E-state index in [2.05, 4.69) is 79.7 Å². The molecule has 0 aliphatic rings. The fourth-order valence-electron chi connectivity index (χ4n) is 2.71. The van der Waals surface area contributed by atoms with Gasteiger partial charge in [0.2, 0.25) is 0 Å². The van der Waals surface area contributed by atoms with Crippen molar-refractivity contribution in [2.75, 3.05) is 0 Å². The van der Waals surface area contributed by atoms with E-state index >= 15 is 0 Å². The maximum atomic E-state index is 3.07. The third-order valence-electron chi connectivity index (χ3n) is 3.76. The number of hydrogen-bond donors (Lipinski definition) is 0. The topological polar surface area (TPSA) is 0 Å². The molecule has 0 unspecified atom stereocenters. The van der Waals surface area contributed by atoms with E-state index in [9.17, 15) is 0 Å². The molecule has 1 heteroatoms. The summed E-state index contributed by atoms with van der Waals surface area (Å²) in [6, 6.07) is 18.5. The molecule has 0 saturated heterocycles. The minimum Gasteiger partial charge on any atom is -0.184 e. The Morgan fingerprint density at radius 1 is 0.652 bits per heavy atom. The average molecular weight is 383 g/mol. The molecule has 2 aromatic carbocycles. The molecule has 0 spiro atoms. The van der Waals surface area contributed by atoms with Gasteiger partial charge in [0.15, 0.2) is 0 Å². The van der Waals surface area contributed by atoms with Crippen molar-refractivity contribution in [1.29, 1.82) is 0 Å². The van der Waals surface area contributed by atoms with Crippen molar-refractivity contribution in [3.8, 4) is 0 Å². The Bertz CT molecular complexity index is 542. The molecule has 0 nitrogen and oxygen atoms in total. The maximum Gasteiger partial charge on any atom is 0 e. The van der Waals surface area contributed by atoms with Gasteiger partial charge in [-0.2, -0.15) is 59.7 Å². The van der Waals surface area contributed by atoms with E-state index < -0.39 is 0 Å². The van der Waals surface area contributed by atoms with E-state index in [4.69, 9.17) is 0 Å². The largest absolute Gasteiger partial charge is 0.184 e. The third kappa shape index (κ3) is 7.31. The number of benzene rings is 2. The second-order valence-electron chi connectivity index (χ2n) is 7.98. The summed E-state index contributed by atoms with van der Waals surface area (Å²) in [6.45, 7) is 17.7. The molecule has 0 atom stereocenters. The second-order valence-corrected chi connectivity index (χ2v) is 7.98. The van der Waals surface area contributed by atoms with Crippen LogP contribution in [-0.2, 0) is 43.5 Å². The Labute approximate surface area is 169 Å². The maximum absolute atomic E-state index is 3.07. The van der Waals surface area contributed by atoms with E-state index in [0.29, 0.717) is 0 Å². The van der Waals surface area contributed by atoms with Crippen molar-refractivity contribution < 1.29 is 32.7 Å². The Kier molecular flexibility index (Phi) is 8.96. The van der Waals surface area contributed by atoms with Gasteiger partial charge in [-0.25, -0.2) is 0 Å². The van der Waals surface area contributed by atoms with Gasteiger partial charge < -0.3 is 0 Å². The van der Waals surface area contributed by atoms with Crippen molar-refractivity contribution in [1.82, 2.24) is 0 Å². The van der Waals surface area contributed by atoms with Crippen molar-refractivity contribution in [2.45, 2.75) is 66.2 Å². The molecule has 0 fully saturated rings. The van der Waals surface area contributed by atoms with Crippen molar-refractivity contribution in [3.05, 3.63) is 70.8 Å². The van der Waals surface area contributed by atoms with Gasteiger partial charge in [0.05, 0.1) is 0 Å². The van der Waals surface area contributed by atoms with Gasteiger partial charge in [-0.05, 0) is 10.8 Å². The van der Waals surface area contributed by atoms with Gasteiger partial charge in [-0.3, -0.25) is 0 Å². The summed E-state index contributed by atoms with van der Waals surface area (Å²) in [7, 11) is 0. The smallest absolute Gasteiger partial charge is 0 e. The van der Waals surface area contributed by atoms with Gasteiger partial charge >= 0.3 is 0 Å². The molecule has 0 N–H and O–H groups in total. The third-order valence-corrected chi connectivity index (χ3v) is 3.76. The van der Waals surface area contributed by atoms with Crippen LogP contribution in [0.4, 0.5) is 0 Å². The molecular formula is C22H30Y-2. The van der Waals surface area contributed by atoms with E-state index in [1.807, 2.05) is 24.3 Å². The molecule has 1 radical (unpaired) electrons. The first-order valence-electron chi connectivity index (χ1n) is 7.98. The Hall–Kier alpha value is -0.456. The molecular weight excluding hydrogens is 353 g/mol. The number of hydrogen-bond acceptors (Lipinski definition) is 0. The Morgan fingerprint density at radius 3 is 1.13 bits per heavy atom. The monoisotopic (exact) mass is 383 g/mol. The van der Waals surface area contributed by atoms with Gasteiger partial charge in [-0.15, -0.1) is 11.1 Å². The fraction of sp³-hybridized carbons (Fsp3) is 0.455. The number of aryl methyl sites for hydroxylation is 2. The Balaban J connectivity index is 0.000000403. The van der Waals surface area contributed by atoms with Crippen LogP contribution in [-0.4, -0.2) is 0 Å². The first-order chi connectivity index (χ1) is 10.0. The molecule has 0 aromatic heterocycles. The molecule has 0 amide bonds. The first kappa shape index (κ1) is 22.5. The summed E-state index contributed by atoms with van der Waals surface area (Å²) in [6.07, 6.45) is 0. The van der Waals surface area contributed by atoms with Crippen LogP contribution in [0, 0.1) is 26.0 Å². The minimum atomic E-state index is 0. The molecule has 0 bridgehead atoms. The molecule has 0 heterocycles. The van der Waals surface area contributed by atoms with Crippen LogP contribution in [0.25, 0.3) is 0 Å². The van der Waals surface area contributed by atoms with Crippen LogP contribution in [0.15, 0.2) is 36.4 Å². The van der Waals surface area contributed by atoms with Crippen LogP contribution < -0.4 is 0 Å². The summed E-state index contributed by atoms with van der Waals surface area (Å²) in [5, 5.41) is 0. The predicted molar refractivity (Wildman–Crippen MR) is 97.4 cm³/mol. The molecule has 0 aliphatic carbocycles. The summed E-state index contributed by atoms with van der Waals surface area (Å²) in [5.74, 6) is 0. The molecule has 0 saturated carbocycles. The van der Waals surface area contributed by atoms with Crippen LogP contribution in [0.5, 0.6) is 0 Å². The molecule has 2 rings (SSSR count). The molecule has 23 heavy (non-hydrogen) atoms. The van der Waals surface area contributed by atoms with Gasteiger partial charge in [0.25, 0.3) is 0 Å². The zero-order chi connectivity index (χ0) is 17.0.